The van der Waals surface area contributed by atoms with Gasteiger partial charge in [-0.15, -0.1) is 0 Å². The number of carboxylic acids is 1. The van der Waals surface area contributed by atoms with Crippen molar-refractivity contribution in [3.05, 3.63) is 34.4 Å². The van der Waals surface area contributed by atoms with Crippen molar-refractivity contribution < 1.29 is 18.7 Å². The summed E-state index contributed by atoms with van der Waals surface area (Å²) in [6, 6.07) is 0.774. The summed E-state index contributed by atoms with van der Waals surface area (Å²) in [4.78, 5) is 10.5. The molecule has 4 heteroatoms. The summed E-state index contributed by atoms with van der Waals surface area (Å²) in [6.45, 7) is 2.89. The lowest BCUT2D eigenvalue weighted by Crippen LogP contribution is -2.07. The molecule has 0 fully saturated rings. The van der Waals surface area contributed by atoms with Crippen LogP contribution in [-0.2, 0) is 11.2 Å². The Bertz CT molecular complexity index is 360. The van der Waals surface area contributed by atoms with Crippen LogP contribution in [0.25, 0.3) is 0 Å². The third kappa shape index (κ3) is 1.89. The average molecular weight is 200 g/mol. The molecule has 76 valence electrons. The lowest BCUT2D eigenvalue weighted by molar-refractivity contribution is -0.136. The van der Waals surface area contributed by atoms with Crippen LogP contribution in [0.15, 0.2) is 6.07 Å². The van der Waals surface area contributed by atoms with Crippen LogP contribution < -0.4 is 0 Å². The first-order chi connectivity index (χ1) is 6.43. The molecule has 0 aliphatic carbocycles. The second-order valence-corrected chi connectivity index (χ2v) is 3.14. The lowest BCUT2D eigenvalue weighted by atomic mass is 9.99. The fraction of sp³-hybridized carbons (Fsp3) is 0.300. The van der Waals surface area contributed by atoms with Gasteiger partial charge >= 0.3 is 5.97 Å². The zero-order valence-corrected chi connectivity index (χ0v) is 7.90. The minimum atomic E-state index is -1.10. The molecule has 0 saturated heterocycles. The molecular formula is C10H10F2O2. The highest BCUT2D eigenvalue weighted by molar-refractivity contribution is 5.71. The molecule has 0 bridgehead atoms. The summed E-state index contributed by atoms with van der Waals surface area (Å²) >= 11 is 0. The highest BCUT2D eigenvalue weighted by atomic mass is 19.1. The smallest absolute Gasteiger partial charge is 0.307 e. The van der Waals surface area contributed by atoms with E-state index in [4.69, 9.17) is 5.11 Å². The van der Waals surface area contributed by atoms with Crippen molar-refractivity contribution in [3.63, 3.8) is 0 Å². The van der Waals surface area contributed by atoms with Crippen molar-refractivity contribution in [2.45, 2.75) is 20.3 Å². The van der Waals surface area contributed by atoms with E-state index in [0.29, 0.717) is 0 Å². The van der Waals surface area contributed by atoms with Gasteiger partial charge in [-0.25, -0.2) is 8.78 Å². The molecule has 1 aromatic carbocycles. The maximum Gasteiger partial charge on any atom is 0.307 e. The molecule has 0 radical (unpaired) electrons. The Morgan fingerprint density at radius 3 is 2.07 bits per heavy atom. The van der Waals surface area contributed by atoms with Crippen LogP contribution >= 0.6 is 0 Å². The van der Waals surface area contributed by atoms with Crippen LogP contribution in [0, 0.1) is 25.5 Å². The Hall–Kier alpha value is -1.45. The average Bonchev–Trinajstić information content (AvgIpc) is 2.09. The zero-order chi connectivity index (χ0) is 10.9. The maximum absolute atomic E-state index is 13.0. The number of benzene rings is 1. The molecule has 0 spiro atoms. The van der Waals surface area contributed by atoms with E-state index in [1.54, 1.807) is 0 Å². The summed E-state index contributed by atoms with van der Waals surface area (Å²) in [7, 11) is 0. The highest BCUT2D eigenvalue weighted by Crippen LogP contribution is 2.20. The summed E-state index contributed by atoms with van der Waals surface area (Å²) < 4.78 is 26.1. The van der Waals surface area contributed by atoms with Gasteiger partial charge in [-0.05, 0) is 30.5 Å². The van der Waals surface area contributed by atoms with E-state index in [2.05, 4.69) is 0 Å². The van der Waals surface area contributed by atoms with Gasteiger partial charge in [0.1, 0.15) is 11.6 Å². The van der Waals surface area contributed by atoms with Crippen molar-refractivity contribution in [1.82, 2.24) is 0 Å². The minimum absolute atomic E-state index is 0.200. The zero-order valence-electron chi connectivity index (χ0n) is 7.90. The molecule has 0 amide bonds. The Morgan fingerprint density at radius 1 is 1.29 bits per heavy atom. The van der Waals surface area contributed by atoms with E-state index >= 15 is 0 Å². The predicted octanol–water partition coefficient (Wildman–Crippen LogP) is 2.21. The van der Waals surface area contributed by atoms with Crippen LogP contribution in [0.3, 0.4) is 0 Å². The number of halogens is 2. The second-order valence-electron chi connectivity index (χ2n) is 3.14. The van der Waals surface area contributed by atoms with Gasteiger partial charge < -0.3 is 5.11 Å². The molecule has 0 unspecified atom stereocenters. The van der Waals surface area contributed by atoms with Gasteiger partial charge in [0.2, 0.25) is 0 Å². The summed E-state index contributed by atoms with van der Waals surface area (Å²) in [6.07, 6.45) is -0.355. The van der Waals surface area contributed by atoms with Gasteiger partial charge in [0.25, 0.3) is 0 Å². The molecule has 0 aliphatic rings. The fourth-order valence-corrected chi connectivity index (χ4v) is 1.31. The first kappa shape index (κ1) is 10.6. The number of hydrogen-bond acceptors (Lipinski definition) is 1. The van der Waals surface area contributed by atoms with Crippen LogP contribution in [-0.4, -0.2) is 11.1 Å². The minimum Gasteiger partial charge on any atom is -0.481 e. The first-order valence-corrected chi connectivity index (χ1v) is 4.09. The lowest BCUT2D eigenvalue weighted by Gasteiger charge is -2.09. The molecular weight excluding hydrogens is 190 g/mol. The standard InChI is InChI=1S/C10H10F2O2/c1-5-7(3-10(13)14)6(2)9(12)4-8(5)11/h4H,3H2,1-2H3,(H,13,14). The van der Waals surface area contributed by atoms with E-state index in [1.165, 1.54) is 13.8 Å². The van der Waals surface area contributed by atoms with Crippen LogP contribution in [0.4, 0.5) is 8.78 Å². The Morgan fingerprint density at radius 2 is 1.71 bits per heavy atom. The number of carbonyl (C=O) groups is 1. The molecule has 0 atom stereocenters. The van der Waals surface area contributed by atoms with E-state index < -0.39 is 17.6 Å². The molecule has 14 heavy (non-hydrogen) atoms. The molecule has 1 rings (SSSR count). The number of carboxylic acid groups (broad SMARTS) is 1. The van der Waals surface area contributed by atoms with Gasteiger partial charge in [-0.1, -0.05) is 0 Å². The summed E-state index contributed by atoms with van der Waals surface area (Å²) in [5.41, 5.74) is 0.618. The molecule has 0 aromatic heterocycles. The predicted molar refractivity (Wildman–Crippen MR) is 47.2 cm³/mol. The summed E-state index contributed by atoms with van der Waals surface area (Å²) in [5, 5.41) is 8.55. The van der Waals surface area contributed by atoms with E-state index in [1.807, 2.05) is 0 Å². The van der Waals surface area contributed by atoms with E-state index in [0.717, 1.165) is 6.07 Å². The van der Waals surface area contributed by atoms with E-state index in [-0.39, 0.29) is 23.1 Å². The molecule has 2 nitrogen and oxygen atoms in total. The first-order valence-electron chi connectivity index (χ1n) is 4.09. The molecule has 0 aliphatic heterocycles. The monoisotopic (exact) mass is 200 g/mol. The van der Waals surface area contributed by atoms with Crippen molar-refractivity contribution in [2.75, 3.05) is 0 Å². The van der Waals surface area contributed by atoms with Crippen molar-refractivity contribution >= 4 is 5.97 Å². The van der Waals surface area contributed by atoms with Gasteiger partial charge in [0.15, 0.2) is 0 Å². The highest BCUT2D eigenvalue weighted by Gasteiger charge is 2.14. The Balaban J connectivity index is 3.31. The summed E-state index contributed by atoms with van der Waals surface area (Å²) in [5.74, 6) is -2.50. The van der Waals surface area contributed by atoms with Gasteiger partial charge in [0, 0.05) is 6.07 Å². The van der Waals surface area contributed by atoms with Crippen LogP contribution in [0.5, 0.6) is 0 Å². The van der Waals surface area contributed by atoms with Crippen LogP contribution in [0.1, 0.15) is 16.7 Å². The second kappa shape index (κ2) is 3.74. The topological polar surface area (TPSA) is 37.3 Å². The third-order valence-corrected chi connectivity index (χ3v) is 2.20. The quantitative estimate of drug-likeness (QED) is 0.794. The molecule has 0 saturated carbocycles. The maximum atomic E-state index is 13.0. The Kier molecular flexibility index (Phi) is 2.84. The van der Waals surface area contributed by atoms with Crippen LogP contribution in [0.2, 0.25) is 0 Å². The normalized spacial score (nSPS) is 10.3. The third-order valence-electron chi connectivity index (χ3n) is 2.20. The Labute approximate surface area is 80.2 Å². The number of rotatable bonds is 2. The van der Waals surface area contributed by atoms with E-state index in [9.17, 15) is 13.6 Å². The van der Waals surface area contributed by atoms with Crippen molar-refractivity contribution in [3.8, 4) is 0 Å². The number of hydrogen-bond donors (Lipinski definition) is 1. The SMILES string of the molecule is Cc1c(F)cc(F)c(C)c1CC(=O)O. The molecule has 1 N–H and O–H groups in total. The largest absolute Gasteiger partial charge is 0.481 e. The molecule has 1 aromatic rings. The molecule has 0 heterocycles. The van der Waals surface area contributed by atoms with Gasteiger partial charge in [-0.3, -0.25) is 4.79 Å². The van der Waals surface area contributed by atoms with Gasteiger partial charge in [-0.2, -0.15) is 0 Å². The fourth-order valence-electron chi connectivity index (χ4n) is 1.31. The van der Waals surface area contributed by atoms with Crippen molar-refractivity contribution in [1.29, 1.82) is 0 Å². The number of aliphatic carboxylic acids is 1. The van der Waals surface area contributed by atoms with Gasteiger partial charge in [0.05, 0.1) is 6.42 Å². The van der Waals surface area contributed by atoms with Crippen molar-refractivity contribution in [2.24, 2.45) is 0 Å².